The maximum Gasteiger partial charge on any atom is 0.250 e. The van der Waals surface area contributed by atoms with E-state index in [9.17, 15) is 4.79 Å². The summed E-state index contributed by atoms with van der Waals surface area (Å²) < 4.78 is 5.43. The van der Waals surface area contributed by atoms with Crippen LogP contribution >= 0.6 is 11.6 Å². The molecule has 1 amide bonds. The van der Waals surface area contributed by atoms with Crippen molar-refractivity contribution in [1.82, 2.24) is 5.32 Å². The van der Waals surface area contributed by atoms with Crippen LogP contribution in [-0.4, -0.2) is 32.2 Å². The summed E-state index contributed by atoms with van der Waals surface area (Å²) in [5, 5.41) is 6.65. The lowest BCUT2D eigenvalue weighted by atomic mass is 9.97. The average molecular weight is 297 g/mol. The Morgan fingerprint density at radius 1 is 1.45 bits per heavy atom. The highest BCUT2D eigenvalue weighted by atomic mass is 35.5. The van der Waals surface area contributed by atoms with Gasteiger partial charge in [-0.25, -0.2) is 0 Å². The highest BCUT2D eigenvalue weighted by Gasteiger charge is 2.12. The van der Waals surface area contributed by atoms with Crippen LogP contribution in [0.2, 0.25) is 5.02 Å². The molecule has 1 unspecified atom stereocenters. The molecule has 20 heavy (non-hydrogen) atoms. The smallest absolute Gasteiger partial charge is 0.250 e. The zero-order valence-electron chi connectivity index (χ0n) is 11.5. The fourth-order valence-electron chi connectivity index (χ4n) is 2.33. The van der Waals surface area contributed by atoms with E-state index in [1.807, 2.05) is 12.1 Å². The molecule has 0 spiro atoms. The summed E-state index contributed by atoms with van der Waals surface area (Å²) in [6.45, 7) is 2.89. The van der Waals surface area contributed by atoms with Crippen LogP contribution in [0.3, 0.4) is 0 Å². The standard InChI is InChI=1S/C15H21ClN2O2/c16-13-5-1-2-6-14(13)18-15(19)11-20-9-7-12-4-3-8-17-10-12/h1-2,5-6,12,17H,3-4,7-11H2,(H,18,19). The molecule has 4 nitrogen and oxygen atoms in total. The SMILES string of the molecule is O=C(COCCC1CCCNC1)Nc1ccccc1Cl. The first-order valence-electron chi connectivity index (χ1n) is 7.08. The number of anilines is 1. The van der Waals surface area contributed by atoms with Gasteiger partial charge in [0, 0.05) is 6.61 Å². The number of carbonyl (C=O) groups is 1. The largest absolute Gasteiger partial charge is 0.372 e. The van der Waals surface area contributed by atoms with E-state index in [1.54, 1.807) is 12.1 Å². The molecule has 2 rings (SSSR count). The molecule has 0 saturated carbocycles. The lowest BCUT2D eigenvalue weighted by Crippen LogP contribution is -2.30. The molecule has 1 aliphatic rings. The van der Waals surface area contributed by atoms with E-state index >= 15 is 0 Å². The predicted molar refractivity (Wildman–Crippen MR) is 81.1 cm³/mol. The molecule has 0 aromatic heterocycles. The maximum absolute atomic E-state index is 11.7. The van der Waals surface area contributed by atoms with E-state index < -0.39 is 0 Å². The summed E-state index contributed by atoms with van der Waals surface area (Å²) >= 11 is 5.97. The molecule has 1 aromatic rings. The van der Waals surface area contributed by atoms with Crippen molar-refractivity contribution in [3.63, 3.8) is 0 Å². The van der Waals surface area contributed by atoms with Crippen LogP contribution < -0.4 is 10.6 Å². The zero-order valence-corrected chi connectivity index (χ0v) is 12.3. The molecule has 110 valence electrons. The molecule has 1 heterocycles. The Kier molecular flexibility index (Phi) is 6.30. The minimum absolute atomic E-state index is 0.0748. The van der Waals surface area contributed by atoms with Crippen LogP contribution in [0, 0.1) is 5.92 Å². The molecule has 1 saturated heterocycles. The maximum atomic E-state index is 11.7. The molecule has 5 heteroatoms. The normalized spacial score (nSPS) is 18.8. The van der Waals surface area contributed by atoms with E-state index in [-0.39, 0.29) is 12.5 Å². The highest BCUT2D eigenvalue weighted by Crippen LogP contribution is 2.20. The molecular weight excluding hydrogens is 276 g/mol. The molecule has 0 bridgehead atoms. The molecule has 0 aliphatic carbocycles. The Bertz CT molecular complexity index is 434. The van der Waals surface area contributed by atoms with Crippen LogP contribution in [-0.2, 0) is 9.53 Å². The number of amides is 1. The monoisotopic (exact) mass is 296 g/mol. The second-order valence-corrected chi connectivity index (χ2v) is 5.49. The molecule has 1 aliphatic heterocycles. The van der Waals surface area contributed by atoms with E-state index in [1.165, 1.54) is 12.8 Å². The second-order valence-electron chi connectivity index (χ2n) is 5.08. The summed E-state index contributed by atoms with van der Waals surface area (Å²) in [7, 11) is 0. The molecule has 1 aromatic carbocycles. The van der Waals surface area contributed by atoms with Crippen molar-refractivity contribution in [3.8, 4) is 0 Å². The third-order valence-electron chi connectivity index (χ3n) is 3.45. The minimum Gasteiger partial charge on any atom is -0.372 e. The lowest BCUT2D eigenvalue weighted by Gasteiger charge is -2.22. The Morgan fingerprint density at radius 2 is 2.30 bits per heavy atom. The van der Waals surface area contributed by atoms with Crippen molar-refractivity contribution < 1.29 is 9.53 Å². The first kappa shape index (κ1) is 15.3. The van der Waals surface area contributed by atoms with Gasteiger partial charge in [-0.3, -0.25) is 4.79 Å². The summed E-state index contributed by atoms with van der Waals surface area (Å²) in [5.74, 6) is 0.509. The van der Waals surface area contributed by atoms with E-state index in [2.05, 4.69) is 10.6 Å². The molecule has 1 fully saturated rings. The van der Waals surface area contributed by atoms with Crippen LogP contribution in [0.25, 0.3) is 0 Å². The van der Waals surface area contributed by atoms with Gasteiger partial charge in [-0.05, 0) is 50.4 Å². The van der Waals surface area contributed by atoms with E-state index in [0.717, 1.165) is 19.5 Å². The van der Waals surface area contributed by atoms with Gasteiger partial charge in [-0.15, -0.1) is 0 Å². The minimum atomic E-state index is -0.167. The summed E-state index contributed by atoms with van der Waals surface area (Å²) in [6, 6.07) is 7.17. The van der Waals surface area contributed by atoms with Crippen molar-refractivity contribution in [1.29, 1.82) is 0 Å². The third-order valence-corrected chi connectivity index (χ3v) is 3.78. The fraction of sp³-hybridized carbons (Fsp3) is 0.533. The van der Waals surface area contributed by atoms with Crippen molar-refractivity contribution in [3.05, 3.63) is 29.3 Å². The van der Waals surface area contributed by atoms with Gasteiger partial charge in [0.2, 0.25) is 5.91 Å². The lowest BCUT2D eigenvalue weighted by molar-refractivity contribution is -0.120. The van der Waals surface area contributed by atoms with Crippen molar-refractivity contribution in [2.24, 2.45) is 5.92 Å². The fourth-order valence-corrected chi connectivity index (χ4v) is 2.52. The Hall–Kier alpha value is -1.10. The number of nitrogens with one attached hydrogen (secondary N) is 2. The van der Waals surface area contributed by atoms with E-state index in [4.69, 9.17) is 16.3 Å². The number of carbonyl (C=O) groups excluding carboxylic acids is 1. The first-order chi connectivity index (χ1) is 9.75. The molecule has 1 atom stereocenters. The predicted octanol–water partition coefficient (Wildman–Crippen LogP) is 2.68. The van der Waals surface area contributed by atoms with E-state index in [0.29, 0.717) is 23.2 Å². The topological polar surface area (TPSA) is 50.4 Å². The number of benzene rings is 1. The zero-order chi connectivity index (χ0) is 14.2. The Labute approximate surface area is 124 Å². The van der Waals surface area contributed by atoms with Gasteiger partial charge in [0.25, 0.3) is 0 Å². The van der Waals surface area contributed by atoms with Gasteiger partial charge < -0.3 is 15.4 Å². The van der Waals surface area contributed by atoms with Gasteiger partial charge in [0.05, 0.1) is 10.7 Å². The summed E-state index contributed by atoms with van der Waals surface area (Å²) in [4.78, 5) is 11.7. The van der Waals surface area contributed by atoms with Crippen LogP contribution in [0.5, 0.6) is 0 Å². The van der Waals surface area contributed by atoms with Gasteiger partial charge >= 0.3 is 0 Å². The van der Waals surface area contributed by atoms with Crippen LogP contribution in [0.4, 0.5) is 5.69 Å². The van der Waals surface area contributed by atoms with Gasteiger partial charge in [-0.2, -0.15) is 0 Å². The second kappa shape index (κ2) is 8.25. The van der Waals surface area contributed by atoms with Gasteiger partial charge in [0.15, 0.2) is 0 Å². The molecule has 0 radical (unpaired) electrons. The number of halogens is 1. The first-order valence-corrected chi connectivity index (χ1v) is 7.46. The Balaban J connectivity index is 1.61. The highest BCUT2D eigenvalue weighted by molar-refractivity contribution is 6.33. The van der Waals surface area contributed by atoms with Crippen molar-refractivity contribution in [2.75, 3.05) is 31.6 Å². The molecular formula is C15H21ClN2O2. The number of piperidine rings is 1. The number of hydrogen-bond acceptors (Lipinski definition) is 3. The average Bonchev–Trinajstić information content (AvgIpc) is 2.47. The third kappa shape index (κ3) is 5.12. The quantitative estimate of drug-likeness (QED) is 0.794. The van der Waals surface area contributed by atoms with Crippen molar-refractivity contribution >= 4 is 23.2 Å². The Morgan fingerprint density at radius 3 is 3.05 bits per heavy atom. The summed E-state index contributed by atoms with van der Waals surface area (Å²) in [6.07, 6.45) is 3.49. The number of para-hydroxylation sites is 1. The van der Waals surface area contributed by atoms with Crippen molar-refractivity contribution in [2.45, 2.75) is 19.3 Å². The number of ether oxygens (including phenoxy) is 1. The number of hydrogen-bond donors (Lipinski definition) is 2. The van der Waals surface area contributed by atoms with Crippen LogP contribution in [0.15, 0.2) is 24.3 Å². The summed E-state index contributed by atoms with van der Waals surface area (Å²) in [5.41, 5.74) is 0.624. The molecule has 2 N–H and O–H groups in total. The number of rotatable bonds is 6. The van der Waals surface area contributed by atoms with Gasteiger partial charge in [0.1, 0.15) is 6.61 Å². The van der Waals surface area contributed by atoms with Crippen LogP contribution in [0.1, 0.15) is 19.3 Å². The van der Waals surface area contributed by atoms with Gasteiger partial charge in [-0.1, -0.05) is 23.7 Å².